The maximum atomic E-state index is 13.2. The molecule has 3 rings (SSSR count). The normalized spacial score (nSPS) is 11.2. The predicted octanol–water partition coefficient (Wildman–Crippen LogP) is 4.20. The molecule has 1 heterocycles. The number of hydrogen-bond acceptors (Lipinski definition) is 1. The van der Waals surface area contributed by atoms with E-state index in [0.717, 1.165) is 17.6 Å². The van der Waals surface area contributed by atoms with Crippen molar-refractivity contribution in [2.75, 3.05) is 7.05 Å². The molecule has 108 valence electrons. The number of rotatable bonds is 4. The van der Waals surface area contributed by atoms with E-state index in [-0.39, 0.29) is 5.82 Å². The van der Waals surface area contributed by atoms with Crippen LogP contribution in [0.3, 0.4) is 0 Å². The standard InChI is InChI=1S/C17H16ClFN2/c1-20-10-15-8-12-4-2-3-5-17(12)21(15)11-13-6-7-14(19)9-16(13)18/h2-9,20H,10-11H2,1H3. The minimum atomic E-state index is -0.309. The molecule has 0 unspecified atom stereocenters. The summed E-state index contributed by atoms with van der Waals surface area (Å²) in [5, 5.41) is 4.84. The van der Waals surface area contributed by atoms with Crippen LogP contribution in [-0.4, -0.2) is 11.6 Å². The molecule has 0 saturated carbocycles. The van der Waals surface area contributed by atoms with Crippen LogP contribution in [0.2, 0.25) is 5.02 Å². The van der Waals surface area contributed by atoms with Gasteiger partial charge < -0.3 is 9.88 Å². The van der Waals surface area contributed by atoms with E-state index < -0.39 is 0 Å². The van der Waals surface area contributed by atoms with Crippen LogP contribution in [0.1, 0.15) is 11.3 Å². The summed E-state index contributed by atoms with van der Waals surface area (Å²) in [4.78, 5) is 0. The van der Waals surface area contributed by atoms with Gasteiger partial charge in [0, 0.05) is 29.3 Å². The Hall–Kier alpha value is -1.84. The maximum Gasteiger partial charge on any atom is 0.124 e. The molecule has 2 nitrogen and oxygen atoms in total. The van der Waals surface area contributed by atoms with Crippen molar-refractivity contribution in [1.82, 2.24) is 9.88 Å². The first-order chi connectivity index (χ1) is 10.2. The molecule has 4 heteroatoms. The largest absolute Gasteiger partial charge is 0.339 e. The molecule has 0 amide bonds. The third-order valence-electron chi connectivity index (χ3n) is 3.60. The van der Waals surface area contributed by atoms with Crippen molar-refractivity contribution < 1.29 is 4.39 Å². The topological polar surface area (TPSA) is 17.0 Å². The summed E-state index contributed by atoms with van der Waals surface area (Å²) in [6, 6.07) is 15.0. The number of hydrogen-bond donors (Lipinski definition) is 1. The van der Waals surface area contributed by atoms with E-state index in [1.807, 2.05) is 19.2 Å². The molecule has 0 atom stereocenters. The number of para-hydroxylation sites is 1. The summed E-state index contributed by atoms with van der Waals surface area (Å²) >= 11 is 6.16. The second kappa shape index (κ2) is 5.88. The molecule has 0 fully saturated rings. The Balaban J connectivity index is 2.07. The summed E-state index contributed by atoms with van der Waals surface area (Å²) in [7, 11) is 1.92. The fourth-order valence-electron chi connectivity index (χ4n) is 2.60. The number of nitrogens with one attached hydrogen (secondary N) is 1. The lowest BCUT2D eigenvalue weighted by Crippen LogP contribution is -2.12. The van der Waals surface area contributed by atoms with Gasteiger partial charge in [0.05, 0.1) is 0 Å². The van der Waals surface area contributed by atoms with Gasteiger partial charge in [0.1, 0.15) is 5.82 Å². The molecule has 2 aromatic carbocycles. The quantitative estimate of drug-likeness (QED) is 0.764. The zero-order chi connectivity index (χ0) is 14.8. The first-order valence-corrected chi connectivity index (χ1v) is 7.22. The van der Waals surface area contributed by atoms with Crippen LogP contribution in [-0.2, 0) is 13.1 Å². The molecule has 21 heavy (non-hydrogen) atoms. The van der Waals surface area contributed by atoms with E-state index in [9.17, 15) is 4.39 Å². The van der Waals surface area contributed by atoms with E-state index in [2.05, 4.69) is 28.1 Å². The molecular formula is C17H16ClFN2. The Kier molecular flexibility index (Phi) is 3.95. The first kappa shape index (κ1) is 14.1. The zero-order valence-corrected chi connectivity index (χ0v) is 12.5. The van der Waals surface area contributed by atoms with Crippen molar-refractivity contribution in [3.8, 4) is 0 Å². The number of nitrogens with zero attached hydrogens (tertiary/aromatic N) is 1. The number of fused-ring (bicyclic) bond motifs is 1. The monoisotopic (exact) mass is 302 g/mol. The highest BCUT2D eigenvalue weighted by Gasteiger charge is 2.10. The van der Waals surface area contributed by atoms with Gasteiger partial charge in [0.25, 0.3) is 0 Å². The lowest BCUT2D eigenvalue weighted by atomic mass is 10.2. The van der Waals surface area contributed by atoms with Crippen LogP contribution in [0.4, 0.5) is 4.39 Å². The zero-order valence-electron chi connectivity index (χ0n) is 11.7. The van der Waals surface area contributed by atoms with Gasteiger partial charge in [0.2, 0.25) is 0 Å². The fourth-order valence-corrected chi connectivity index (χ4v) is 2.83. The number of benzene rings is 2. The molecule has 0 aliphatic carbocycles. The van der Waals surface area contributed by atoms with Gasteiger partial charge >= 0.3 is 0 Å². The van der Waals surface area contributed by atoms with Gasteiger partial charge in [-0.1, -0.05) is 35.9 Å². The lowest BCUT2D eigenvalue weighted by molar-refractivity contribution is 0.626. The van der Waals surface area contributed by atoms with Gasteiger partial charge in [-0.2, -0.15) is 0 Å². The second-order valence-corrected chi connectivity index (χ2v) is 5.45. The molecule has 0 saturated heterocycles. The Morgan fingerprint density at radius 1 is 1.14 bits per heavy atom. The molecule has 1 aromatic heterocycles. The van der Waals surface area contributed by atoms with E-state index >= 15 is 0 Å². The maximum absolute atomic E-state index is 13.2. The molecule has 1 N–H and O–H groups in total. The van der Waals surface area contributed by atoms with E-state index in [4.69, 9.17) is 11.6 Å². The molecular weight excluding hydrogens is 287 g/mol. The van der Waals surface area contributed by atoms with Crippen LogP contribution in [0.25, 0.3) is 10.9 Å². The Bertz CT molecular complexity index is 780. The lowest BCUT2D eigenvalue weighted by Gasteiger charge is -2.12. The first-order valence-electron chi connectivity index (χ1n) is 6.84. The molecule has 0 radical (unpaired) electrons. The van der Waals surface area contributed by atoms with E-state index in [1.165, 1.54) is 23.2 Å². The number of aromatic nitrogens is 1. The average molecular weight is 303 g/mol. The number of halogens is 2. The Morgan fingerprint density at radius 2 is 1.95 bits per heavy atom. The highest BCUT2D eigenvalue weighted by Crippen LogP contribution is 2.24. The third-order valence-corrected chi connectivity index (χ3v) is 3.95. The van der Waals surface area contributed by atoms with Gasteiger partial charge in [-0.15, -0.1) is 0 Å². The summed E-state index contributed by atoms with van der Waals surface area (Å²) in [6.45, 7) is 1.40. The minimum Gasteiger partial charge on any atom is -0.339 e. The van der Waals surface area contributed by atoms with Crippen LogP contribution in [0, 0.1) is 5.82 Å². The molecule has 0 spiro atoms. The van der Waals surface area contributed by atoms with Crippen molar-refractivity contribution in [2.45, 2.75) is 13.1 Å². The van der Waals surface area contributed by atoms with Crippen molar-refractivity contribution in [2.24, 2.45) is 0 Å². The van der Waals surface area contributed by atoms with Crippen LogP contribution >= 0.6 is 11.6 Å². The minimum absolute atomic E-state index is 0.309. The second-order valence-electron chi connectivity index (χ2n) is 5.05. The summed E-state index contributed by atoms with van der Waals surface area (Å²) in [5.41, 5.74) is 3.25. The van der Waals surface area contributed by atoms with Gasteiger partial charge in [-0.05, 0) is 42.3 Å². The van der Waals surface area contributed by atoms with Gasteiger partial charge in [0.15, 0.2) is 0 Å². The Morgan fingerprint density at radius 3 is 2.71 bits per heavy atom. The summed E-state index contributed by atoms with van der Waals surface area (Å²) in [5.74, 6) is -0.309. The van der Waals surface area contributed by atoms with E-state index in [1.54, 1.807) is 6.07 Å². The van der Waals surface area contributed by atoms with Crippen molar-refractivity contribution in [1.29, 1.82) is 0 Å². The highest BCUT2D eigenvalue weighted by atomic mass is 35.5. The molecule has 0 aliphatic rings. The van der Waals surface area contributed by atoms with Crippen molar-refractivity contribution in [3.63, 3.8) is 0 Å². The van der Waals surface area contributed by atoms with E-state index in [0.29, 0.717) is 11.6 Å². The predicted molar refractivity (Wildman–Crippen MR) is 85.2 cm³/mol. The van der Waals surface area contributed by atoms with Gasteiger partial charge in [-0.25, -0.2) is 4.39 Å². The average Bonchev–Trinajstić information content (AvgIpc) is 2.80. The molecule has 0 aliphatic heterocycles. The smallest absolute Gasteiger partial charge is 0.124 e. The highest BCUT2D eigenvalue weighted by molar-refractivity contribution is 6.31. The van der Waals surface area contributed by atoms with Crippen LogP contribution < -0.4 is 5.32 Å². The third kappa shape index (κ3) is 2.80. The fraction of sp³-hybridized carbons (Fsp3) is 0.176. The van der Waals surface area contributed by atoms with Crippen molar-refractivity contribution in [3.05, 3.63) is 70.6 Å². The molecule has 3 aromatic rings. The SMILES string of the molecule is CNCc1cc2ccccc2n1Cc1ccc(F)cc1Cl. The summed E-state index contributed by atoms with van der Waals surface area (Å²) in [6.07, 6.45) is 0. The Labute approximate surface area is 128 Å². The van der Waals surface area contributed by atoms with Gasteiger partial charge in [-0.3, -0.25) is 0 Å². The van der Waals surface area contributed by atoms with Crippen molar-refractivity contribution >= 4 is 22.5 Å². The van der Waals surface area contributed by atoms with Crippen LogP contribution in [0.15, 0.2) is 48.5 Å². The summed E-state index contributed by atoms with van der Waals surface area (Å²) < 4.78 is 15.4. The molecule has 0 bridgehead atoms. The van der Waals surface area contributed by atoms with Crippen LogP contribution in [0.5, 0.6) is 0 Å².